The number of benzene rings is 2. The van der Waals surface area contributed by atoms with Crippen LogP contribution in [0.2, 0.25) is 0 Å². The van der Waals surface area contributed by atoms with Gasteiger partial charge in [-0.3, -0.25) is 9.59 Å². The Kier molecular flexibility index (Phi) is 8.48. The number of thioether (sulfide) groups is 1. The molecule has 3 rings (SSSR count). The number of hydrogen-bond donors (Lipinski definition) is 3. The molecule has 1 atom stereocenters. The second-order valence-electron chi connectivity index (χ2n) is 7.98. The summed E-state index contributed by atoms with van der Waals surface area (Å²) < 4.78 is 1.77. The van der Waals surface area contributed by atoms with Gasteiger partial charge in [0, 0.05) is 24.5 Å². The van der Waals surface area contributed by atoms with E-state index in [2.05, 4.69) is 15.6 Å². The molecule has 1 unspecified atom stereocenters. The Bertz CT molecular complexity index is 1190. The molecule has 0 aliphatic heterocycles. The van der Waals surface area contributed by atoms with Crippen molar-refractivity contribution >= 4 is 35.2 Å². The zero-order valence-electron chi connectivity index (χ0n) is 19.4. The van der Waals surface area contributed by atoms with Gasteiger partial charge in [0.1, 0.15) is 6.04 Å². The highest BCUT2D eigenvalue weighted by Crippen LogP contribution is 2.30. The van der Waals surface area contributed by atoms with E-state index < -0.39 is 17.9 Å². The van der Waals surface area contributed by atoms with E-state index in [0.717, 1.165) is 11.1 Å². The molecule has 3 aromatic rings. The van der Waals surface area contributed by atoms with Gasteiger partial charge in [0.05, 0.1) is 18.4 Å². The van der Waals surface area contributed by atoms with Crippen LogP contribution < -0.4 is 10.6 Å². The summed E-state index contributed by atoms with van der Waals surface area (Å²) in [6.45, 7) is 1.93. The highest BCUT2D eigenvalue weighted by atomic mass is 32.2. The number of hydrogen-bond acceptors (Lipinski definition) is 5. The Morgan fingerprint density at radius 1 is 1.15 bits per heavy atom. The molecule has 34 heavy (non-hydrogen) atoms. The largest absolute Gasteiger partial charge is 0.480 e. The van der Waals surface area contributed by atoms with E-state index in [9.17, 15) is 19.5 Å². The first-order chi connectivity index (χ1) is 16.3. The lowest BCUT2D eigenvalue weighted by molar-refractivity contribution is -0.139. The van der Waals surface area contributed by atoms with Crippen LogP contribution in [0.3, 0.4) is 0 Å². The molecule has 0 radical (unpaired) electrons. The monoisotopic (exact) mass is 480 g/mol. The van der Waals surface area contributed by atoms with E-state index in [1.165, 1.54) is 11.8 Å². The Morgan fingerprint density at radius 3 is 2.56 bits per heavy atom. The zero-order valence-corrected chi connectivity index (χ0v) is 20.2. The Balaban J connectivity index is 1.90. The van der Waals surface area contributed by atoms with Crippen LogP contribution in [0.5, 0.6) is 0 Å². The molecule has 8 nitrogen and oxygen atoms in total. The maximum absolute atomic E-state index is 13.1. The molecular formula is C25H28N4O4S. The third kappa shape index (κ3) is 6.48. The first-order valence-corrected chi connectivity index (χ1v) is 12.2. The lowest BCUT2D eigenvalue weighted by Gasteiger charge is -2.18. The van der Waals surface area contributed by atoms with Crippen LogP contribution in [0.25, 0.3) is 11.1 Å². The molecule has 2 aromatic carbocycles. The van der Waals surface area contributed by atoms with Crippen LogP contribution in [0.15, 0.2) is 55.0 Å². The van der Waals surface area contributed by atoms with Crippen molar-refractivity contribution in [3.63, 3.8) is 0 Å². The third-order valence-electron chi connectivity index (χ3n) is 5.30. The summed E-state index contributed by atoms with van der Waals surface area (Å²) in [4.78, 5) is 41.5. The number of carboxylic acid groups (broad SMARTS) is 1. The maximum Gasteiger partial charge on any atom is 0.326 e. The number of rotatable bonds is 10. The number of amides is 2. The van der Waals surface area contributed by atoms with E-state index in [-0.39, 0.29) is 12.3 Å². The van der Waals surface area contributed by atoms with E-state index in [0.29, 0.717) is 34.7 Å². The number of carbonyl (C=O) groups is 3. The van der Waals surface area contributed by atoms with Gasteiger partial charge in [-0.15, -0.1) is 0 Å². The molecule has 3 N–H and O–H groups in total. The predicted molar refractivity (Wildman–Crippen MR) is 134 cm³/mol. The molecule has 9 heteroatoms. The standard InChI is InChI=1S/C25H28N4O4S/c1-16-6-4-5-7-19(16)21-12-17(27-23(30)13-18-14-29(2)15-26-18)8-9-20(21)24(31)28-22(25(32)33)10-11-34-3/h4-9,12,14-15,22H,10-11,13H2,1-3H3,(H,27,30)(H,28,31)(H,32,33). The van der Waals surface area contributed by atoms with Crippen LogP contribution in [0.1, 0.15) is 28.0 Å². The molecule has 178 valence electrons. The second kappa shape index (κ2) is 11.5. The zero-order chi connectivity index (χ0) is 24.7. The number of aryl methyl sites for hydroxylation is 2. The summed E-state index contributed by atoms with van der Waals surface area (Å²) in [5, 5.41) is 15.0. The van der Waals surface area contributed by atoms with Gasteiger partial charge in [-0.2, -0.15) is 11.8 Å². The lowest BCUT2D eigenvalue weighted by Crippen LogP contribution is -2.41. The first-order valence-electron chi connectivity index (χ1n) is 10.8. The van der Waals surface area contributed by atoms with Crippen molar-refractivity contribution < 1.29 is 19.5 Å². The predicted octanol–water partition coefficient (Wildman–Crippen LogP) is 3.51. The highest BCUT2D eigenvalue weighted by molar-refractivity contribution is 7.98. The number of imidazole rings is 1. The smallest absolute Gasteiger partial charge is 0.326 e. The van der Waals surface area contributed by atoms with E-state index in [4.69, 9.17) is 0 Å². The van der Waals surface area contributed by atoms with Crippen molar-refractivity contribution in [3.05, 3.63) is 71.8 Å². The Labute approximate surface area is 202 Å². The van der Waals surface area contributed by atoms with Crippen molar-refractivity contribution in [2.24, 2.45) is 7.05 Å². The summed E-state index contributed by atoms with van der Waals surface area (Å²) in [5.41, 5.74) is 3.91. The quantitative estimate of drug-likeness (QED) is 0.409. The molecule has 0 spiro atoms. The molecule has 0 bridgehead atoms. The van der Waals surface area contributed by atoms with Gasteiger partial charge in [-0.25, -0.2) is 9.78 Å². The summed E-state index contributed by atoms with van der Waals surface area (Å²) in [7, 11) is 1.84. The van der Waals surface area contributed by atoms with Crippen LogP contribution in [-0.4, -0.2) is 50.5 Å². The molecule has 0 fully saturated rings. The fourth-order valence-electron chi connectivity index (χ4n) is 3.57. The summed E-state index contributed by atoms with van der Waals surface area (Å²) in [6, 6.07) is 11.6. The van der Waals surface area contributed by atoms with Crippen molar-refractivity contribution in [3.8, 4) is 11.1 Å². The SMILES string of the molecule is CSCCC(NC(=O)c1ccc(NC(=O)Cc2cn(C)cn2)cc1-c1ccccc1C)C(=O)O. The minimum atomic E-state index is -1.07. The minimum Gasteiger partial charge on any atom is -0.480 e. The number of carboxylic acids is 1. The Morgan fingerprint density at radius 2 is 1.91 bits per heavy atom. The van der Waals surface area contributed by atoms with Crippen LogP contribution >= 0.6 is 11.8 Å². The number of aromatic nitrogens is 2. The number of nitrogens with zero attached hydrogens (tertiary/aromatic N) is 2. The molecule has 0 saturated heterocycles. The number of aliphatic carboxylic acids is 1. The van der Waals surface area contributed by atoms with E-state index >= 15 is 0 Å². The molecule has 2 amide bonds. The Hall–Kier alpha value is -3.59. The fourth-order valence-corrected chi connectivity index (χ4v) is 4.05. The van der Waals surface area contributed by atoms with E-state index in [1.54, 1.807) is 35.3 Å². The van der Waals surface area contributed by atoms with Crippen molar-refractivity contribution in [2.45, 2.75) is 25.8 Å². The van der Waals surface area contributed by atoms with Crippen LogP contribution in [0, 0.1) is 6.92 Å². The minimum absolute atomic E-state index is 0.124. The number of anilines is 1. The summed E-state index contributed by atoms with van der Waals surface area (Å²) in [5.74, 6) is -1.16. The van der Waals surface area contributed by atoms with Crippen molar-refractivity contribution in [1.82, 2.24) is 14.9 Å². The average Bonchev–Trinajstić information content (AvgIpc) is 3.20. The van der Waals surface area contributed by atoms with Gasteiger partial charge in [0.25, 0.3) is 5.91 Å². The number of nitrogens with one attached hydrogen (secondary N) is 2. The molecular weight excluding hydrogens is 452 g/mol. The molecule has 0 aliphatic rings. The second-order valence-corrected chi connectivity index (χ2v) is 8.96. The van der Waals surface area contributed by atoms with Crippen LogP contribution in [-0.2, 0) is 23.1 Å². The van der Waals surface area contributed by atoms with Gasteiger partial charge in [0.15, 0.2) is 0 Å². The average molecular weight is 481 g/mol. The summed E-state index contributed by atoms with van der Waals surface area (Å²) >= 11 is 1.52. The molecule has 0 aliphatic carbocycles. The first kappa shape index (κ1) is 25.0. The van der Waals surface area contributed by atoms with Gasteiger partial charge >= 0.3 is 5.97 Å². The van der Waals surface area contributed by atoms with Gasteiger partial charge in [-0.1, -0.05) is 24.3 Å². The van der Waals surface area contributed by atoms with Crippen LogP contribution in [0.4, 0.5) is 5.69 Å². The topological polar surface area (TPSA) is 113 Å². The maximum atomic E-state index is 13.1. The third-order valence-corrected chi connectivity index (χ3v) is 5.94. The van der Waals surface area contributed by atoms with Gasteiger partial charge in [-0.05, 0) is 60.2 Å². The van der Waals surface area contributed by atoms with Gasteiger partial charge in [0.2, 0.25) is 5.91 Å². The highest BCUT2D eigenvalue weighted by Gasteiger charge is 2.23. The van der Waals surface area contributed by atoms with Crippen molar-refractivity contribution in [1.29, 1.82) is 0 Å². The normalized spacial score (nSPS) is 11.6. The van der Waals surface area contributed by atoms with Gasteiger partial charge < -0.3 is 20.3 Å². The summed E-state index contributed by atoms with van der Waals surface area (Å²) in [6.07, 6.45) is 5.75. The molecule has 0 saturated carbocycles. The number of carbonyl (C=O) groups excluding carboxylic acids is 2. The van der Waals surface area contributed by atoms with E-state index in [1.807, 2.05) is 44.5 Å². The lowest BCUT2D eigenvalue weighted by atomic mass is 9.94. The molecule has 1 heterocycles. The fraction of sp³-hybridized carbons (Fsp3) is 0.280. The molecule has 1 aromatic heterocycles. The van der Waals surface area contributed by atoms with Crippen molar-refractivity contribution in [2.75, 3.05) is 17.3 Å².